The lowest BCUT2D eigenvalue weighted by Gasteiger charge is -2.27. The Hall–Kier alpha value is -1.27. The summed E-state index contributed by atoms with van der Waals surface area (Å²) < 4.78 is 25.1. The maximum absolute atomic E-state index is 11.3. The summed E-state index contributed by atoms with van der Waals surface area (Å²) in [6.07, 6.45) is 4.32. The molecule has 19 heavy (non-hydrogen) atoms. The van der Waals surface area contributed by atoms with Gasteiger partial charge in [0.1, 0.15) is 0 Å². The van der Waals surface area contributed by atoms with Gasteiger partial charge in [-0.3, -0.25) is 4.72 Å². The van der Waals surface area contributed by atoms with Crippen LogP contribution in [0.15, 0.2) is 24.3 Å². The Morgan fingerprint density at radius 2 is 1.68 bits per heavy atom. The van der Waals surface area contributed by atoms with Crippen LogP contribution >= 0.6 is 0 Å². The average Bonchev–Trinajstić information content (AvgIpc) is 2.33. The van der Waals surface area contributed by atoms with E-state index in [1.54, 1.807) is 12.1 Å². The lowest BCUT2D eigenvalue weighted by molar-refractivity contribution is 0.126. The zero-order valence-electron chi connectivity index (χ0n) is 11.0. The topological polar surface area (TPSA) is 78.4 Å². The number of nitrogens with one attached hydrogen (secondary N) is 2. The minimum atomic E-state index is -3.28. The molecule has 0 radical (unpaired) electrons. The van der Waals surface area contributed by atoms with Gasteiger partial charge in [-0.15, -0.1) is 0 Å². The van der Waals surface area contributed by atoms with Gasteiger partial charge in [0.15, 0.2) is 0 Å². The van der Waals surface area contributed by atoms with Gasteiger partial charge in [-0.25, -0.2) is 8.42 Å². The molecule has 1 aromatic carbocycles. The van der Waals surface area contributed by atoms with Crippen LogP contribution < -0.4 is 10.0 Å². The molecule has 1 fully saturated rings. The van der Waals surface area contributed by atoms with Gasteiger partial charge in [0, 0.05) is 6.04 Å². The number of hydrogen-bond acceptors (Lipinski definition) is 4. The normalized spacial score (nSPS) is 23.9. The van der Waals surface area contributed by atoms with Crippen molar-refractivity contribution in [3.05, 3.63) is 24.3 Å². The summed E-state index contributed by atoms with van der Waals surface area (Å²) in [5.41, 5.74) is 1.35. The Morgan fingerprint density at radius 1 is 1.11 bits per heavy atom. The molecule has 0 aliphatic heterocycles. The van der Waals surface area contributed by atoms with Crippen LogP contribution in [0.2, 0.25) is 0 Å². The smallest absolute Gasteiger partial charge is 0.229 e. The van der Waals surface area contributed by atoms with Gasteiger partial charge in [-0.2, -0.15) is 0 Å². The lowest BCUT2D eigenvalue weighted by atomic mass is 9.93. The molecule has 1 aliphatic rings. The van der Waals surface area contributed by atoms with Crippen molar-refractivity contribution in [2.24, 2.45) is 0 Å². The van der Waals surface area contributed by atoms with Crippen LogP contribution in [-0.4, -0.2) is 31.9 Å². The summed E-state index contributed by atoms with van der Waals surface area (Å²) in [6.45, 7) is 0. The number of aliphatic hydroxyl groups excluding tert-OH is 1. The molecule has 3 N–H and O–H groups in total. The van der Waals surface area contributed by atoms with Crippen molar-refractivity contribution in [1.29, 1.82) is 0 Å². The molecule has 0 amide bonds. The van der Waals surface area contributed by atoms with E-state index < -0.39 is 10.0 Å². The molecule has 0 bridgehead atoms. The monoisotopic (exact) mass is 284 g/mol. The Balaban J connectivity index is 2.07. The molecule has 0 saturated heterocycles. The average molecular weight is 284 g/mol. The van der Waals surface area contributed by atoms with Gasteiger partial charge >= 0.3 is 0 Å². The molecule has 106 valence electrons. The first-order chi connectivity index (χ1) is 8.94. The predicted octanol–water partition coefficient (Wildman–Crippen LogP) is 1.77. The second-order valence-corrected chi connectivity index (χ2v) is 6.82. The van der Waals surface area contributed by atoms with Crippen molar-refractivity contribution < 1.29 is 13.5 Å². The van der Waals surface area contributed by atoms with Gasteiger partial charge in [-0.05, 0) is 37.8 Å². The lowest BCUT2D eigenvalue weighted by Crippen LogP contribution is -2.28. The summed E-state index contributed by atoms with van der Waals surface area (Å²) in [5.74, 6) is 0. The summed E-state index contributed by atoms with van der Waals surface area (Å²) in [7, 11) is -3.28. The Morgan fingerprint density at radius 3 is 2.26 bits per heavy atom. The molecule has 0 spiro atoms. The van der Waals surface area contributed by atoms with Gasteiger partial charge in [0.2, 0.25) is 10.0 Å². The van der Waals surface area contributed by atoms with E-state index in [1.807, 2.05) is 12.1 Å². The fraction of sp³-hybridized carbons (Fsp3) is 0.538. The number of para-hydroxylation sites is 2. The largest absolute Gasteiger partial charge is 0.393 e. The van der Waals surface area contributed by atoms with Crippen LogP contribution in [-0.2, 0) is 10.0 Å². The molecule has 1 aliphatic carbocycles. The fourth-order valence-electron chi connectivity index (χ4n) is 2.34. The van der Waals surface area contributed by atoms with E-state index in [0.717, 1.165) is 37.6 Å². The van der Waals surface area contributed by atoms with E-state index >= 15 is 0 Å². The number of rotatable bonds is 4. The summed E-state index contributed by atoms with van der Waals surface area (Å²) in [6, 6.07) is 7.54. The molecular formula is C13H20N2O3S. The molecule has 1 aromatic rings. The van der Waals surface area contributed by atoms with E-state index in [1.165, 1.54) is 0 Å². The first-order valence-electron chi connectivity index (χ1n) is 6.45. The first-order valence-corrected chi connectivity index (χ1v) is 8.34. The number of aliphatic hydroxyl groups is 1. The second kappa shape index (κ2) is 5.79. The predicted molar refractivity (Wildman–Crippen MR) is 76.8 cm³/mol. The maximum atomic E-state index is 11.3. The highest BCUT2D eigenvalue weighted by Gasteiger charge is 2.20. The maximum Gasteiger partial charge on any atom is 0.229 e. The van der Waals surface area contributed by atoms with Crippen LogP contribution in [0.3, 0.4) is 0 Å². The fourth-order valence-corrected chi connectivity index (χ4v) is 2.92. The van der Waals surface area contributed by atoms with Crippen molar-refractivity contribution in [2.45, 2.75) is 37.8 Å². The van der Waals surface area contributed by atoms with Crippen molar-refractivity contribution in [3.63, 3.8) is 0 Å². The van der Waals surface area contributed by atoms with Crippen LogP contribution in [0.4, 0.5) is 11.4 Å². The molecule has 6 heteroatoms. The molecule has 0 atom stereocenters. The highest BCUT2D eigenvalue weighted by atomic mass is 32.2. The third-order valence-electron chi connectivity index (χ3n) is 3.28. The van der Waals surface area contributed by atoms with Gasteiger partial charge < -0.3 is 10.4 Å². The zero-order valence-corrected chi connectivity index (χ0v) is 11.8. The minimum Gasteiger partial charge on any atom is -0.393 e. The zero-order chi connectivity index (χ0) is 13.9. The minimum absolute atomic E-state index is 0.192. The Kier molecular flexibility index (Phi) is 4.31. The molecule has 2 rings (SSSR count). The quantitative estimate of drug-likeness (QED) is 0.787. The summed E-state index contributed by atoms with van der Waals surface area (Å²) in [4.78, 5) is 0. The van der Waals surface area contributed by atoms with Crippen LogP contribution in [0.25, 0.3) is 0 Å². The molecule has 5 nitrogen and oxygen atoms in total. The number of hydrogen-bond donors (Lipinski definition) is 3. The SMILES string of the molecule is CS(=O)(=O)Nc1ccccc1NC1CCC(O)CC1. The van der Waals surface area contributed by atoms with Crippen molar-refractivity contribution in [1.82, 2.24) is 0 Å². The van der Waals surface area contributed by atoms with Gasteiger partial charge in [0.25, 0.3) is 0 Å². The second-order valence-electron chi connectivity index (χ2n) is 5.07. The molecule has 0 aromatic heterocycles. The van der Waals surface area contributed by atoms with Gasteiger partial charge in [0.05, 0.1) is 23.7 Å². The van der Waals surface area contributed by atoms with Crippen molar-refractivity contribution >= 4 is 21.4 Å². The third-order valence-corrected chi connectivity index (χ3v) is 3.87. The summed E-state index contributed by atoms with van der Waals surface area (Å²) in [5, 5.41) is 12.8. The highest BCUT2D eigenvalue weighted by molar-refractivity contribution is 7.92. The van der Waals surface area contributed by atoms with E-state index in [4.69, 9.17) is 0 Å². The van der Waals surface area contributed by atoms with E-state index in [0.29, 0.717) is 5.69 Å². The van der Waals surface area contributed by atoms with E-state index in [2.05, 4.69) is 10.0 Å². The number of anilines is 2. The number of sulfonamides is 1. The molecule has 0 heterocycles. The third kappa shape index (κ3) is 4.40. The van der Waals surface area contributed by atoms with E-state index in [9.17, 15) is 13.5 Å². The van der Waals surface area contributed by atoms with E-state index in [-0.39, 0.29) is 12.1 Å². The first kappa shape index (κ1) is 14.1. The molecule has 0 unspecified atom stereocenters. The van der Waals surface area contributed by atoms with Gasteiger partial charge in [-0.1, -0.05) is 12.1 Å². The van der Waals surface area contributed by atoms with Crippen LogP contribution in [0, 0.1) is 0 Å². The van der Waals surface area contributed by atoms with Crippen LogP contribution in [0.5, 0.6) is 0 Å². The van der Waals surface area contributed by atoms with Crippen LogP contribution in [0.1, 0.15) is 25.7 Å². The Labute approximate surface area is 114 Å². The number of benzene rings is 1. The highest BCUT2D eigenvalue weighted by Crippen LogP contribution is 2.27. The summed E-state index contributed by atoms with van der Waals surface area (Å²) >= 11 is 0. The van der Waals surface area contributed by atoms with Crippen molar-refractivity contribution in [3.8, 4) is 0 Å². The van der Waals surface area contributed by atoms with Crippen molar-refractivity contribution in [2.75, 3.05) is 16.3 Å². The molecule has 1 saturated carbocycles. The Bertz CT molecular complexity index is 522. The standard InChI is InChI=1S/C13H20N2O3S/c1-19(17,18)15-13-5-3-2-4-12(13)14-10-6-8-11(16)9-7-10/h2-5,10-11,14-16H,6-9H2,1H3. The molecular weight excluding hydrogens is 264 g/mol.